The Kier molecular flexibility index (Phi) is 2.95. The van der Waals surface area contributed by atoms with Crippen LogP contribution in [-0.2, 0) is 0 Å². The van der Waals surface area contributed by atoms with E-state index in [9.17, 15) is 4.39 Å². The van der Waals surface area contributed by atoms with Crippen molar-refractivity contribution in [2.45, 2.75) is 0 Å². The molecule has 0 atom stereocenters. The molecule has 0 amide bonds. The van der Waals surface area contributed by atoms with E-state index in [1.165, 1.54) is 12.1 Å². The second-order valence-electron chi connectivity index (χ2n) is 4.03. The Morgan fingerprint density at radius 2 is 2.00 bits per heavy atom. The number of anilines is 1. The van der Waals surface area contributed by atoms with E-state index in [2.05, 4.69) is 20.9 Å². The lowest BCUT2D eigenvalue weighted by Crippen LogP contribution is -2.01. The lowest BCUT2D eigenvalue weighted by Gasteiger charge is -2.09. The van der Waals surface area contributed by atoms with Crippen molar-refractivity contribution >= 4 is 44.5 Å². The molecule has 2 N–H and O–H groups in total. The third kappa shape index (κ3) is 2.09. The highest BCUT2D eigenvalue weighted by Crippen LogP contribution is 2.30. The fourth-order valence-corrected chi connectivity index (χ4v) is 2.57. The minimum absolute atomic E-state index is 0.281. The molecule has 0 bridgehead atoms. The molecule has 0 saturated heterocycles. The molecule has 2 aromatic carbocycles. The normalized spacial score (nSPS) is 11.1. The summed E-state index contributed by atoms with van der Waals surface area (Å²) in [4.78, 5) is 4.24. The number of rotatable bonds is 1. The zero-order valence-corrected chi connectivity index (χ0v) is 11.9. The number of aromatic nitrogens is 2. The van der Waals surface area contributed by atoms with Crippen LogP contribution in [0.3, 0.4) is 0 Å². The zero-order valence-electron chi connectivity index (χ0n) is 9.57. The van der Waals surface area contributed by atoms with Gasteiger partial charge < -0.3 is 5.73 Å². The molecule has 0 spiro atoms. The van der Waals surface area contributed by atoms with Gasteiger partial charge in [-0.15, -0.1) is 0 Å². The third-order valence-electron chi connectivity index (χ3n) is 2.79. The second kappa shape index (κ2) is 4.51. The summed E-state index contributed by atoms with van der Waals surface area (Å²) in [7, 11) is 0. The molecular weight excluding hydrogens is 333 g/mol. The summed E-state index contributed by atoms with van der Waals surface area (Å²) < 4.78 is 15.8. The van der Waals surface area contributed by atoms with Crippen LogP contribution >= 0.6 is 27.5 Å². The molecule has 3 rings (SSSR count). The van der Waals surface area contributed by atoms with Crippen LogP contribution in [-0.4, -0.2) is 9.55 Å². The first kappa shape index (κ1) is 12.4. The van der Waals surface area contributed by atoms with E-state index in [1.54, 1.807) is 28.8 Å². The molecule has 0 aliphatic heterocycles. The van der Waals surface area contributed by atoms with E-state index in [0.717, 1.165) is 9.99 Å². The van der Waals surface area contributed by atoms with Crippen molar-refractivity contribution in [1.82, 2.24) is 9.55 Å². The quantitative estimate of drug-likeness (QED) is 0.723. The molecule has 0 aliphatic carbocycles. The Morgan fingerprint density at radius 3 is 2.79 bits per heavy atom. The van der Waals surface area contributed by atoms with Crippen molar-refractivity contribution in [3.8, 4) is 5.69 Å². The first-order chi connectivity index (χ1) is 9.06. The molecule has 19 heavy (non-hydrogen) atoms. The maximum absolute atomic E-state index is 13.4. The molecule has 6 heteroatoms. The molecule has 0 saturated carbocycles. The number of halogens is 3. The number of hydrogen-bond acceptors (Lipinski definition) is 2. The number of hydrogen-bond donors (Lipinski definition) is 1. The largest absolute Gasteiger partial charge is 0.369 e. The van der Waals surface area contributed by atoms with Crippen molar-refractivity contribution in [2.75, 3.05) is 5.73 Å². The van der Waals surface area contributed by atoms with E-state index < -0.39 is 0 Å². The lowest BCUT2D eigenvalue weighted by atomic mass is 10.2. The van der Waals surface area contributed by atoms with Gasteiger partial charge in [-0.25, -0.2) is 9.37 Å². The van der Waals surface area contributed by atoms with Crippen LogP contribution < -0.4 is 5.73 Å². The molecule has 1 heterocycles. The van der Waals surface area contributed by atoms with Gasteiger partial charge in [0, 0.05) is 9.50 Å². The highest BCUT2D eigenvalue weighted by molar-refractivity contribution is 9.10. The summed E-state index contributed by atoms with van der Waals surface area (Å²) in [5, 5.41) is 0.571. The maximum Gasteiger partial charge on any atom is 0.205 e. The van der Waals surface area contributed by atoms with E-state index in [0.29, 0.717) is 16.2 Å². The molecule has 3 nitrogen and oxygen atoms in total. The molecule has 96 valence electrons. The first-order valence-electron chi connectivity index (χ1n) is 5.45. The van der Waals surface area contributed by atoms with Gasteiger partial charge in [0.1, 0.15) is 5.82 Å². The summed E-state index contributed by atoms with van der Waals surface area (Å²) in [6, 6.07) is 9.65. The lowest BCUT2D eigenvalue weighted by molar-refractivity contribution is 0.626. The van der Waals surface area contributed by atoms with Gasteiger partial charge >= 0.3 is 0 Å². The molecule has 0 radical (unpaired) electrons. The van der Waals surface area contributed by atoms with Crippen LogP contribution in [0, 0.1) is 5.82 Å². The van der Waals surface area contributed by atoms with Gasteiger partial charge in [0.15, 0.2) is 0 Å². The van der Waals surface area contributed by atoms with E-state index in [1.807, 2.05) is 0 Å². The number of imidazole rings is 1. The van der Waals surface area contributed by atoms with Crippen molar-refractivity contribution in [3.05, 3.63) is 51.7 Å². The number of nitrogens with two attached hydrogens (primary N) is 1. The second-order valence-corrected chi connectivity index (χ2v) is 5.32. The first-order valence-corrected chi connectivity index (χ1v) is 6.62. The molecule has 1 aromatic heterocycles. The number of nitrogen functional groups attached to an aromatic ring is 1. The molecule has 0 aliphatic rings. The van der Waals surface area contributed by atoms with Crippen LogP contribution in [0.15, 0.2) is 40.9 Å². The minimum atomic E-state index is -0.346. The number of nitrogens with zero attached hydrogens (tertiary/aromatic N) is 2. The molecule has 0 unspecified atom stereocenters. The summed E-state index contributed by atoms with van der Waals surface area (Å²) >= 11 is 9.38. The van der Waals surface area contributed by atoms with Crippen LogP contribution in [0.25, 0.3) is 16.7 Å². The van der Waals surface area contributed by atoms with Crippen molar-refractivity contribution < 1.29 is 4.39 Å². The maximum atomic E-state index is 13.4. The van der Waals surface area contributed by atoms with Crippen molar-refractivity contribution in [3.63, 3.8) is 0 Å². The highest BCUT2D eigenvalue weighted by atomic mass is 79.9. The predicted octanol–water partition coefficient (Wildman–Crippen LogP) is 4.16. The average Bonchev–Trinajstić information content (AvgIpc) is 2.68. The van der Waals surface area contributed by atoms with E-state index in [-0.39, 0.29) is 11.8 Å². The van der Waals surface area contributed by atoms with Crippen LogP contribution in [0.4, 0.5) is 10.3 Å². The Hall–Kier alpha value is -1.59. The van der Waals surface area contributed by atoms with E-state index >= 15 is 0 Å². The van der Waals surface area contributed by atoms with Crippen molar-refractivity contribution in [1.29, 1.82) is 0 Å². The van der Waals surface area contributed by atoms with Gasteiger partial charge in [0.25, 0.3) is 0 Å². The summed E-state index contributed by atoms with van der Waals surface area (Å²) in [5.41, 5.74) is 7.94. The summed E-state index contributed by atoms with van der Waals surface area (Å²) in [6.07, 6.45) is 0. The number of fused-ring (bicyclic) bond motifs is 1. The Labute approximate surface area is 121 Å². The summed E-state index contributed by atoms with van der Waals surface area (Å²) in [5.74, 6) is -0.0648. The standard InChI is InChI=1S/C13H8BrClFN3/c14-9-3-2-8(16)6-11(9)19-12-5-7(15)1-4-10(12)18-13(19)17/h1-6H,(H2,17,18). The smallest absolute Gasteiger partial charge is 0.205 e. The monoisotopic (exact) mass is 339 g/mol. The molecule has 3 aromatic rings. The Balaban J connectivity index is 2.38. The summed E-state index contributed by atoms with van der Waals surface area (Å²) in [6.45, 7) is 0. The van der Waals surface area contributed by atoms with E-state index in [4.69, 9.17) is 17.3 Å². The van der Waals surface area contributed by atoms with Gasteiger partial charge in [-0.05, 0) is 52.3 Å². The SMILES string of the molecule is Nc1nc2ccc(Cl)cc2n1-c1cc(F)ccc1Br. The topological polar surface area (TPSA) is 43.8 Å². The highest BCUT2D eigenvalue weighted by Gasteiger charge is 2.13. The fraction of sp³-hybridized carbons (Fsp3) is 0. The van der Waals surface area contributed by atoms with Crippen molar-refractivity contribution in [2.24, 2.45) is 0 Å². The van der Waals surface area contributed by atoms with Gasteiger partial charge in [0.05, 0.1) is 16.7 Å². The fourth-order valence-electron chi connectivity index (χ4n) is 1.98. The minimum Gasteiger partial charge on any atom is -0.369 e. The van der Waals surface area contributed by atoms with Crippen LogP contribution in [0.1, 0.15) is 0 Å². The Morgan fingerprint density at radius 1 is 1.21 bits per heavy atom. The van der Waals surface area contributed by atoms with Gasteiger partial charge in [-0.2, -0.15) is 0 Å². The van der Waals surface area contributed by atoms with Gasteiger partial charge in [-0.1, -0.05) is 11.6 Å². The average molecular weight is 341 g/mol. The van der Waals surface area contributed by atoms with Crippen LogP contribution in [0.2, 0.25) is 5.02 Å². The Bertz CT molecular complexity index is 785. The molecule has 0 fully saturated rings. The van der Waals surface area contributed by atoms with Gasteiger partial charge in [-0.3, -0.25) is 4.57 Å². The third-order valence-corrected chi connectivity index (χ3v) is 3.70. The predicted molar refractivity (Wildman–Crippen MR) is 78.2 cm³/mol. The zero-order chi connectivity index (χ0) is 13.6. The number of benzene rings is 2. The molecular formula is C13H8BrClFN3. The van der Waals surface area contributed by atoms with Gasteiger partial charge in [0.2, 0.25) is 5.95 Å². The van der Waals surface area contributed by atoms with Crippen LogP contribution in [0.5, 0.6) is 0 Å².